The van der Waals surface area contributed by atoms with Crippen LogP contribution in [0.4, 0.5) is 4.39 Å². The number of terminal acetylenes is 1. The Balaban J connectivity index is 0.00000256. The molecule has 0 radical (unpaired) electrons. The number of thioether (sulfide) groups is 1. The van der Waals surface area contributed by atoms with Crippen molar-refractivity contribution in [3.05, 3.63) is 35.6 Å². The van der Waals surface area contributed by atoms with Gasteiger partial charge in [0.25, 0.3) is 0 Å². The molecule has 3 nitrogen and oxygen atoms in total. The molecule has 0 saturated carbocycles. The number of hydrogen-bond donors (Lipinski definition) is 1. The van der Waals surface area contributed by atoms with E-state index in [4.69, 9.17) is 12.2 Å². The van der Waals surface area contributed by atoms with Crippen LogP contribution >= 0.6 is 24.2 Å². The number of benzene rings is 1. The van der Waals surface area contributed by atoms with Crippen molar-refractivity contribution >= 4 is 35.6 Å². The molecule has 0 aliphatic heterocycles. The van der Waals surface area contributed by atoms with Crippen molar-refractivity contribution in [3.8, 4) is 12.3 Å². The standard InChI is InChI=1S/C11H10FN3S.ClH/c1-2-7-16-11(13)15-14-8-9-3-5-10(12)6-4-9;/h1,3-6,8H,7H2,(H2,13,15);1H. The van der Waals surface area contributed by atoms with Gasteiger partial charge in [0.15, 0.2) is 5.17 Å². The van der Waals surface area contributed by atoms with Gasteiger partial charge in [-0.05, 0) is 17.7 Å². The zero-order chi connectivity index (χ0) is 11.8. The van der Waals surface area contributed by atoms with Gasteiger partial charge in [-0.2, -0.15) is 5.10 Å². The second-order valence-corrected chi connectivity index (χ2v) is 3.72. The first-order valence-electron chi connectivity index (χ1n) is 4.40. The van der Waals surface area contributed by atoms with Gasteiger partial charge in [0.05, 0.1) is 12.0 Å². The van der Waals surface area contributed by atoms with E-state index in [1.807, 2.05) is 0 Å². The van der Waals surface area contributed by atoms with E-state index >= 15 is 0 Å². The molecule has 0 heterocycles. The summed E-state index contributed by atoms with van der Waals surface area (Å²) in [6.45, 7) is 0. The molecule has 0 unspecified atom stereocenters. The van der Waals surface area contributed by atoms with Crippen LogP contribution in [0.1, 0.15) is 5.56 Å². The molecule has 0 aliphatic carbocycles. The van der Waals surface area contributed by atoms with Crippen LogP contribution in [0.25, 0.3) is 0 Å². The van der Waals surface area contributed by atoms with Crippen molar-refractivity contribution in [1.29, 1.82) is 0 Å². The number of nitrogens with two attached hydrogens (primary N) is 1. The minimum Gasteiger partial charge on any atom is -0.377 e. The summed E-state index contributed by atoms with van der Waals surface area (Å²) in [6.07, 6.45) is 6.54. The molecule has 0 saturated heterocycles. The molecule has 17 heavy (non-hydrogen) atoms. The minimum absolute atomic E-state index is 0. The molecular weight excluding hydrogens is 261 g/mol. The average Bonchev–Trinajstić information content (AvgIpc) is 2.29. The van der Waals surface area contributed by atoms with Gasteiger partial charge in [0, 0.05) is 0 Å². The summed E-state index contributed by atoms with van der Waals surface area (Å²) in [5, 5.41) is 7.77. The molecule has 0 fully saturated rings. The lowest BCUT2D eigenvalue weighted by Crippen LogP contribution is -2.05. The number of hydrogen-bond acceptors (Lipinski definition) is 3. The van der Waals surface area contributed by atoms with Crippen LogP contribution in [0.3, 0.4) is 0 Å². The van der Waals surface area contributed by atoms with E-state index in [-0.39, 0.29) is 18.2 Å². The van der Waals surface area contributed by atoms with Crippen LogP contribution in [-0.4, -0.2) is 17.1 Å². The van der Waals surface area contributed by atoms with Gasteiger partial charge < -0.3 is 5.73 Å². The fraction of sp³-hybridized carbons (Fsp3) is 0.0909. The fourth-order valence-corrected chi connectivity index (χ4v) is 1.18. The van der Waals surface area contributed by atoms with E-state index in [0.717, 1.165) is 5.56 Å². The number of amidine groups is 1. The van der Waals surface area contributed by atoms with E-state index in [9.17, 15) is 4.39 Å². The van der Waals surface area contributed by atoms with Crippen LogP contribution in [0.2, 0.25) is 0 Å². The Kier molecular flexibility index (Phi) is 7.85. The molecule has 1 rings (SSSR count). The summed E-state index contributed by atoms with van der Waals surface area (Å²) in [4.78, 5) is 0. The summed E-state index contributed by atoms with van der Waals surface area (Å²) in [7, 11) is 0. The summed E-state index contributed by atoms with van der Waals surface area (Å²) in [5.41, 5.74) is 6.24. The van der Waals surface area contributed by atoms with Gasteiger partial charge in [-0.25, -0.2) is 4.39 Å². The normalized spacial score (nSPS) is 10.9. The molecular formula is C11H11ClFN3S. The van der Waals surface area contributed by atoms with Crippen LogP contribution in [0.5, 0.6) is 0 Å². The smallest absolute Gasteiger partial charge is 0.181 e. The fourth-order valence-electron chi connectivity index (χ4n) is 0.846. The molecule has 1 aromatic rings. The SMILES string of the molecule is C#CCSC(N)=NN=Cc1ccc(F)cc1.Cl. The maximum atomic E-state index is 12.6. The van der Waals surface area contributed by atoms with Gasteiger partial charge in [-0.1, -0.05) is 29.8 Å². The zero-order valence-electron chi connectivity index (χ0n) is 8.84. The molecule has 90 valence electrons. The third-order valence-corrected chi connectivity index (χ3v) is 2.22. The van der Waals surface area contributed by atoms with Gasteiger partial charge in [-0.15, -0.1) is 23.9 Å². The first-order chi connectivity index (χ1) is 7.72. The predicted molar refractivity (Wildman–Crippen MR) is 74.2 cm³/mol. The van der Waals surface area contributed by atoms with Crippen LogP contribution in [0, 0.1) is 18.2 Å². The Morgan fingerprint density at radius 2 is 2.12 bits per heavy atom. The van der Waals surface area contributed by atoms with Gasteiger partial charge >= 0.3 is 0 Å². The lowest BCUT2D eigenvalue weighted by atomic mass is 10.2. The highest BCUT2D eigenvalue weighted by molar-refractivity contribution is 8.13. The van der Waals surface area contributed by atoms with Crippen molar-refractivity contribution in [2.75, 3.05) is 5.75 Å². The molecule has 0 bridgehead atoms. The van der Waals surface area contributed by atoms with E-state index in [1.165, 1.54) is 30.1 Å². The lowest BCUT2D eigenvalue weighted by molar-refractivity contribution is 0.628. The monoisotopic (exact) mass is 271 g/mol. The van der Waals surface area contributed by atoms with Crippen molar-refractivity contribution in [1.82, 2.24) is 0 Å². The third-order valence-electron chi connectivity index (χ3n) is 1.54. The van der Waals surface area contributed by atoms with E-state index < -0.39 is 0 Å². The summed E-state index contributed by atoms with van der Waals surface area (Å²) >= 11 is 1.23. The Morgan fingerprint density at radius 1 is 1.47 bits per heavy atom. The summed E-state index contributed by atoms with van der Waals surface area (Å²) < 4.78 is 12.6. The molecule has 0 atom stereocenters. The van der Waals surface area contributed by atoms with E-state index in [0.29, 0.717) is 10.9 Å². The molecule has 0 aromatic heterocycles. The predicted octanol–water partition coefficient (Wildman–Crippen LogP) is 2.26. The lowest BCUT2D eigenvalue weighted by Gasteiger charge is -1.92. The summed E-state index contributed by atoms with van der Waals surface area (Å²) in [5.74, 6) is 2.59. The Morgan fingerprint density at radius 3 is 2.71 bits per heavy atom. The topological polar surface area (TPSA) is 50.7 Å². The molecule has 0 amide bonds. The van der Waals surface area contributed by atoms with E-state index in [2.05, 4.69) is 16.1 Å². The number of nitrogens with zero attached hydrogens (tertiary/aromatic N) is 2. The molecule has 0 aliphatic rings. The van der Waals surface area contributed by atoms with Crippen molar-refractivity contribution in [2.45, 2.75) is 0 Å². The third kappa shape index (κ3) is 6.61. The number of halogens is 2. The molecule has 1 aromatic carbocycles. The quantitative estimate of drug-likeness (QED) is 0.397. The molecule has 6 heteroatoms. The Bertz CT molecular complexity index is 437. The van der Waals surface area contributed by atoms with E-state index in [1.54, 1.807) is 12.1 Å². The Labute approximate surface area is 110 Å². The average molecular weight is 272 g/mol. The van der Waals surface area contributed by atoms with Crippen molar-refractivity contribution < 1.29 is 4.39 Å². The zero-order valence-corrected chi connectivity index (χ0v) is 10.5. The molecule has 2 N–H and O–H groups in total. The second-order valence-electron chi connectivity index (χ2n) is 2.73. The highest BCUT2D eigenvalue weighted by atomic mass is 35.5. The molecule has 0 spiro atoms. The largest absolute Gasteiger partial charge is 0.377 e. The second kappa shape index (κ2) is 8.62. The van der Waals surface area contributed by atoms with Crippen molar-refractivity contribution in [2.24, 2.45) is 15.9 Å². The maximum absolute atomic E-state index is 12.6. The first kappa shape index (κ1) is 15.5. The van der Waals surface area contributed by atoms with Gasteiger partial charge in [0.2, 0.25) is 0 Å². The first-order valence-corrected chi connectivity index (χ1v) is 5.39. The minimum atomic E-state index is -0.287. The van der Waals surface area contributed by atoms with Crippen molar-refractivity contribution in [3.63, 3.8) is 0 Å². The highest BCUT2D eigenvalue weighted by Crippen LogP contribution is 2.01. The maximum Gasteiger partial charge on any atom is 0.181 e. The Hall–Kier alpha value is -1.51. The van der Waals surface area contributed by atoms with Crippen LogP contribution in [-0.2, 0) is 0 Å². The number of rotatable bonds is 3. The van der Waals surface area contributed by atoms with Gasteiger partial charge in [-0.3, -0.25) is 0 Å². The highest BCUT2D eigenvalue weighted by Gasteiger charge is 1.91. The van der Waals surface area contributed by atoms with Gasteiger partial charge in [0.1, 0.15) is 5.82 Å². The van der Waals surface area contributed by atoms with Crippen LogP contribution in [0.15, 0.2) is 34.5 Å². The summed E-state index contributed by atoms with van der Waals surface area (Å²) in [6, 6.07) is 5.89. The van der Waals surface area contributed by atoms with Crippen LogP contribution < -0.4 is 5.73 Å².